The van der Waals surface area contributed by atoms with Crippen LogP contribution < -0.4 is 0 Å². The molecule has 0 atom stereocenters. The second kappa shape index (κ2) is 14.9. The normalized spacial score (nSPS) is 11.1. The maximum Gasteiger partial charge on any atom is 0.0130 e. The number of aryl methyl sites for hydroxylation is 6. The Bertz CT molecular complexity index is 1040. The number of halogens is 3. The summed E-state index contributed by atoms with van der Waals surface area (Å²) in [6.07, 6.45) is 10.5. The lowest BCUT2D eigenvalue weighted by molar-refractivity contribution is 0.788. The minimum Gasteiger partial charge on any atom is -0.0580 e. The second-order valence-electron chi connectivity index (χ2n) is 9.60. The van der Waals surface area contributed by atoms with Gasteiger partial charge in [-0.05, 0) is 195 Å². The minimum absolute atomic E-state index is 1.15. The quantitative estimate of drug-likeness (QED) is 0.125. The van der Waals surface area contributed by atoms with Gasteiger partial charge in [0.25, 0.3) is 0 Å². The van der Waals surface area contributed by atoms with Gasteiger partial charge in [0.05, 0.1) is 0 Å². The second-order valence-corrected chi connectivity index (χ2v) is 13.3. The number of rotatable bonds is 12. The van der Waals surface area contributed by atoms with Crippen LogP contribution in [0.2, 0.25) is 0 Å². The summed E-state index contributed by atoms with van der Waals surface area (Å²) in [5.74, 6) is 0. The molecule has 0 aliphatic carbocycles. The zero-order chi connectivity index (χ0) is 25.2. The first kappa shape index (κ1) is 28.1. The van der Waals surface area contributed by atoms with Gasteiger partial charge in [-0.3, -0.25) is 0 Å². The first-order valence-electron chi connectivity index (χ1n) is 12.9. The van der Waals surface area contributed by atoms with Crippen molar-refractivity contribution >= 4 is 67.8 Å². The predicted molar refractivity (Wildman–Crippen MR) is 180 cm³/mol. The van der Waals surface area contributed by atoms with Crippen LogP contribution in [0.1, 0.15) is 52.6 Å². The van der Waals surface area contributed by atoms with Gasteiger partial charge in [-0.1, -0.05) is 54.6 Å². The summed E-state index contributed by atoms with van der Waals surface area (Å²) >= 11 is 7.14. The molecule has 0 nitrogen and oxygen atoms in total. The molecule has 0 aliphatic heterocycles. The lowest BCUT2D eigenvalue weighted by atomic mass is 9.94. The summed E-state index contributed by atoms with van der Waals surface area (Å²) in [5.41, 5.74) is 8.87. The molecule has 0 fully saturated rings. The molecule has 0 amide bonds. The molecule has 0 aromatic heterocycles. The molecule has 36 heavy (non-hydrogen) atoms. The van der Waals surface area contributed by atoms with E-state index in [1.54, 1.807) is 0 Å². The lowest BCUT2D eigenvalue weighted by Crippen LogP contribution is -1.98. The molecule has 186 valence electrons. The highest BCUT2D eigenvalue weighted by molar-refractivity contribution is 14.1. The summed E-state index contributed by atoms with van der Waals surface area (Å²) in [6, 6.07) is 34.4. The maximum absolute atomic E-state index is 2.48. The van der Waals surface area contributed by atoms with E-state index >= 15 is 0 Å². The molecule has 0 N–H and O–H groups in total. The van der Waals surface area contributed by atoms with E-state index in [9.17, 15) is 0 Å². The number of hydrogen-bond acceptors (Lipinski definition) is 0. The predicted octanol–water partition coefficient (Wildman–Crippen LogP) is 10.0. The summed E-state index contributed by atoms with van der Waals surface area (Å²) < 4.78 is 3.93. The Hall–Kier alpha value is -0.930. The fourth-order valence-electron chi connectivity index (χ4n) is 4.72. The molecule has 0 heterocycles. The van der Waals surface area contributed by atoms with E-state index in [-0.39, 0.29) is 0 Å². The zero-order valence-electron chi connectivity index (χ0n) is 20.7. The smallest absolute Gasteiger partial charge is 0.0130 e. The first-order valence-corrected chi connectivity index (χ1v) is 16.1. The van der Waals surface area contributed by atoms with Gasteiger partial charge in [0.2, 0.25) is 0 Å². The Kier molecular flexibility index (Phi) is 11.6. The van der Waals surface area contributed by atoms with Crippen molar-refractivity contribution in [2.24, 2.45) is 0 Å². The van der Waals surface area contributed by atoms with Crippen molar-refractivity contribution in [1.29, 1.82) is 0 Å². The molecule has 0 unspecified atom stereocenters. The molecule has 0 radical (unpaired) electrons. The molecule has 4 aromatic carbocycles. The average molecular weight is 810 g/mol. The van der Waals surface area contributed by atoms with Crippen molar-refractivity contribution in [3.05, 3.63) is 135 Å². The molecule has 0 saturated carbocycles. The van der Waals surface area contributed by atoms with Crippen LogP contribution in [-0.2, 0) is 38.5 Å². The Morgan fingerprint density at radius 2 is 0.528 bits per heavy atom. The Morgan fingerprint density at radius 3 is 0.778 bits per heavy atom. The van der Waals surface area contributed by atoms with Crippen LogP contribution in [0.3, 0.4) is 0 Å². The van der Waals surface area contributed by atoms with Crippen molar-refractivity contribution in [1.82, 2.24) is 0 Å². The van der Waals surface area contributed by atoms with E-state index in [1.165, 1.54) is 63.4 Å². The van der Waals surface area contributed by atoms with Crippen LogP contribution in [-0.4, -0.2) is 0 Å². The molecular formula is C33H33I3. The van der Waals surface area contributed by atoms with Gasteiger partial charge in [-0.2, -0.15) is 0 Å². The van der Waals surface area contributed by atoms with Gasteiger partial charge in [0.15, 0.2) is 0 Å². The highest BCUT2D eigenvalue weighted by Gasteiger charge is 2.05. The van der Waals surface area contributed by atoms with Crippen LogP contribution in [0.25, 0.3) is 0 Å². The molecule has 4 aromatic rings. The van der Waals surface area contributed by atoms with Crippen LogP contribution in [0, 0.1) is 10.7 Å². The fourth-order valence-corrected chi connectivity index (χ4v) is 5.79. The van der Waals surface area contributed by atoms with Gasteiger partial charge < -0.3 is 0 Å². The summed E-state index contributed by atoms with van der Waals surface area (Å²) in [7, 11) is 0. The van der Waals surface area contributed by atoms with Gasteiger partial charge >= 0.3 is 0 Å². The molecule has 3 heteroatoms. The van der Waals surface area contributed by atoms with Crippen molar-refractivity contribution in [3.63, 3.8) is 0 Å². The topological polar surface area (TPSA) is 0 Å². The highest BCUT2D eigenvalue weighted by Crippen LogP contribution is 2.19. The van der Waals surface area contributed by atoms with Crippen LogP contribution >= 0.6 is 67.8 Å². The van der Waals surface area contributed by atoms with Crippen molar-refractivity contribution in [3.8, 4) is 0 Å². The fraction of sp³-hybridized carbons (Fsp3) is 0.273. The third kappa shape index (κ3) is 9.75. The van der Waals surface area contributed by atoms with Gasteiger partial charge in [0, 0.05) is 10.7 Å². The molecule has 0 saturated heterocycles. The molecule has 4 rings (SSSR count). The maximum atomic E-state index is 2.48. The van der Waals surface area contributed by atoms with Crippen LogP contribution in [0.5, 0.6) is 0 Å². The van der Waals surface area contributed by atoms with E-state index in [2.05, 4.69) is 159 Å². The average Bonchev–Trinajstić information content (AvgIpc) is 2.88. The monoisotopic (exact) mass is 810 g/mol. The van der Waals surface area contributed by atoms with E-state index in [0.717, 1.165) is 38.5 Å². The van der Waals surface area contributed by atoms with Crippen LogP contribution in [0.4, 0.5) is 0 Å². The molecule has 0 spiro atoms. The Balaban J connectivity index is 1.37. The number of hydrogen-bond donors (Lipinski definition) is 0. The van der Waals surface area contributed by atoms with E-state index in [4.69, 9.17) is 0 Å². The first-order chi connectivity index (χ1) is 17.5. The molecule has 0 bridgehead atoms. The zero-order valence-corrected chi connectivity index (χ0v) is 27.1. The summed E-state index contributed by atoms with van der Waals surface area (Å²) in [5, 5.41) is 0. The third-order valence-corrected chi connectivity index (χ3v) is 8.80. The Morgan fingerprint density at radius 1 is 0.306 bits per heavy atom. The van der Waals surface area contributed by atoms with Crippen molar-refractivity contribution in [2.75, 3.05) is 0 Å². The molecule has 0 aliphatic rings. The van der Waals surface area contributed by atoms with Crippen molar-refractivity contribution < 1.29 is 0 Å². The third-order valence-electron chi connectivity index (χ3n) is 6.64. The minimum atomic E-state index is 1.15. The lowest BCUT2D eigenvalue weighted by Gasteiger charge is -2.11. The van der Waals surface area contributed by atoms with Gasteiger partial charge in [0.1, 0.15) is 0 Å². The highest BCUT2D eigenvalue weighted by atomic mass is 127. The standard InChI is InChI=1S/C33H33I3/c34-31-16-10-25(11-17-31)4-1-7-28-22-29(8-2-5-26-12-18-32(35)19-13-26)24-30(23-28)9-3-6-27-14-20-33(36)21-15-27/h10-24H,1-9H2. The Labute approximate surface area is 258 Å². The SMILES string of the molecule is Ic1ccc(CCCc2cc(CCCc3ccc(I)cc3)cc(CCCc3ccc(I)cc3)c2)cc1. The van der Waals surface area contributed by atoms with Crippen molar-refractivity contribution in [2.45, 2.75) is 57.8 Å². The van der Waals surface area contributed by atoms with Gasteiger partial charge in [-0.25, -0.2) is 0 Å². The van der Waals surface area contributed by atoms with Gasteiger partial charge in [-0.15, -0.1) is 0 Å². The van der Waals surface area contributed by atoms with E-state index in [0.29, 0.717) is 0 Å². The largest absolute Gasteiger partial charge is 0.0580 e. The van der Waals surface area contributed by atoms with E-state index in [1.807, 2.05) is 0 Å². The number of benzene rings is 4. The summed E-state index contributed by atoms with van der Waals surface area (Å²) in [4.78, 5) is 0. The van der Waals surface area contributed by atoms with E-state index < -0.39 is 0 Å². The summed E-state index contributed by atoms with van der Waals surface area (Å²) in [6.45, 7) is 0. The van der Waals surface area contributed by atoms with Crippen LogP contribution in [0.15, 0.2) is 91.0 Å². The molecular weight excluding hydrogens is 777 g/mol.